The Kier molecular flexibility index (Phi) is 2.70. The number of hydrogen-bond acceptors (Lipinski definition) is 3. The quantitative estimate of drug-likeness (QED) is 0.434. The van der Waals surface area contributed by atoms with Gasteiger partial charge in [-0.2, -0.15) is 0 Å². The van der Waals surface area contributed by atoms with E-state index in [-0.39, 0.29) is 5.69 Å². The Balaban J connectivity index is 3.12. The van der Waals surface area contributed by atoms with Gasteiger partial charge in [-0.3, -0.25) is 10.1 Å². The van der Waals surface area contributed by atoms with Crippen molar-refractivity contribution in [1.82, 2.24) is 0 Å². The number of rotatable bonds is 2. The molecule has 0 aliphatic rings. The molecule has 0 aromatic heterocycles. The first-order valence-corrected chi connectivity index (χ1v) is 4.06. The molecular weight excluding hydrogens is 174 g/mol. The zero-order chi connectivity index (χ0) is 9.14. The van der Waals surface area contributed by atoms with E-state index in [2.05, 4.69) is 12.6 Å². The predicted octanol–water partition coefficient (Wildman–Crippen LogP) is 2.45. The summed E-state index contributed by atoms with van der Waals surface area (Å²) < 4.78 is 0. The smallest absolute Gasteiger partial charge is 0.258 e. The van der Waals surface area contributed by atoms with Gasteiger partial charge in [-0.15, -0.1) is 12.6 Å². The van der Waals surface area contributed by atoms with E-state index in [1.165, 1.54) is 6.07 Å². The van der Waals surface area contributed by atoms with E-state index in [4.69, 9.17) is 0 Å². The summed E-state index contributed by atoms with van der Waals surface area (Å²) in [5.74, 6) is 0. The Hall–Kier alpha value is -1.03. The highest BCUT2D eigenvalue weighted by atomic mass is 32.1. The SMILES string of the molecule is CCc1ccc([N+](=O)[O-])c(S)c1. The summed E-state index contributed by atoms with van der Waals surface area (Å²) in [6, 6.07) is 4.96. The number of nitrogens with zero attached hydrogens (tertiary/aromatic N) is 1. The lowest BCUT2D eigenvalue weighted by Gasteiger charge is -1.98. The van der Waals surface area contributed by atoms with Crippen LogP contribution in [-0.2, 0) is 6.42 Å². The molecule has 0 unspecified atom stereocenters. The maximum Gasteiger partial charge on any atom is 0.282 e. The molecule has 0 radical (unpaired) electrons. The van der Waals surface area contributed by atoms with Crippen molar-refractivity contribution in [3.63, 3.8) is 0 Å². The van der Waals surface area contributed by atoms with Crippen LogP contribution in [0.25, 0.3) is 0 Å². The van der Waals surface area contributed by atoms with Crippen molar-refractivity contribution in [3.8, 4) is 0 Å². The molecule has 1 aromatic rings. The van der Waals surface area contributed by atoms with Gasteiger partial charge in [-0.1, -0.05) is 13.0 Å². The Bertz CT molecular complexity index is 312. The molecule has 0 saturated heterocycles. The third kappa shape index (κ3) is 1.76. The second-order valence-corrected chi connectivity index (χ2v) is 2.92. The minimum atomic E-state index is -0.429. The van der Waals surface area contributed by atoms with Crippen molar-refractivity contribution in [3.05, 3.63) is 33.9 Å². The van der Waals surface area contributed by atoms with Gasteiger partial charge in [0.1, 0.15) is 0 Å². The molecule has 0 amide bonds. The van der Waals surface area contributed by atoms with Crippen molar-refractivity contribution in [2.45, 2.75) is 18.2 Å². The molecule has 0 bridgehead atoms. The normalized spacial score (nSPS) is 9.83. The van der Waals surface area contributed by atoms with E-state index in [0.717, 1.165) is 12.0 Å². The fraction of sp³-hybridized carbons (Fsp3) is 0.250. The third-order valence-corrected chi connectivity index (χ3v) is 2.00. The van der Waals surface area contributed by atoms with Crippen LogP contribution in [0.5, 0.6) is 0 Å². The molecule has 0 aliphatic heterocycles. The van der Waals surface area contributed by atoms with Crippen molar-refractivity contribution in [2.24, 2.45) is 0 Å². The summed E-state index contributed by atoms with van der Waals surface area (Å²) in [4.78, 5) is 10.4. The molecule has 0 N–H and O–H groups in total. The molecule has 12 heavy (non-hydrogen) atoms. The Labute approximate surface area is 76.0 Å². The Morgan fingerprint density at radius 1 is 1.58 bits per heavy atom. The summed E-state index contributed by atoms with van der Waals surface area (Å²) in [5, 5.41) is 10.4. The van der Waals surface area contributed by atoms with Crippen molar-refractivity contribution in [1.29, 1.82) is 0 Å². The van der Waals surface area contributed by atoms with Crippen LogP contribution in [0.3, 0.4) is 0 Å². The van der Waals surface area contributed by atoms with E-state index < -0.39 is 4.92 Å². The summed E-state index contributed by atoms with van der Waals surface area (Å²) in [6.45, 7) is 1.99. The number of nitro groups is 1. The van der Waals surface area contributed by atoms with E-state index in [1.807, 2.05) is 6.92 Å². The molecule has 3 nitrogen and oxygen atoms in total. The van der Waals surface area contributed by atoms with E-state index in [9.17, 15) is 10.1 Å². The Morgan fingerprint density at radius 3 is 2.67 bits per heavy atom. The lowest BCUT2D eigenvalue weighted by Crippen LogP contribution is -1.90. The average Bonchev–Trinajstić information content (AvgIpc) is 2.03. The molecular formula is C8H9NO2S. The Morgan fingerprint density at radius 2 is 2.25 bits per heavy atom. The molecule has 0 aliphatic carbocycles. The van der Waals surface area contributed by atoms with Gasteiger partial charge in [-0.25, -0.2) is 0 Å². The molecule has 0 atom stereocenters. The van der Waals surface area contributed by atoms with Gasteiger partial charge < -0.3 is 0 Å². The molecule has 1 aromatic carbocycles. The minimum Gasteiger partial charge on any atom is -0.258 e. The van der Waals surface area contributed by atoms with Gasteiger partial charge in [0.2, 0.25) is 0 Å². The van der Waals surface area contributed by atoms with Crippen LogP contribution in [0.15, 0.2) is 23.1 Å². The van der Waals surface area contributed by atoms with Gasteiger partial charge in [0, 0.05) is 6.07 Å². The fourth-order valence-electron chi connectivity index (χ4n) is 0.943. The second kappa shape index (κ2) is 3.58. The molecule has 1 rings (SSSR count). The standard InChI is InChI=1S/C8H9NO2S/c1-2-6-3-4-7(9(10)11)8(12)5-6/h3-5,12H,2H2,1H3. The number of nitro benzene ring substituents is 1. The maximum absolute atomic E-state index is 10.4. The van der Waals surface area contributed by atoms with Gasteiger partial charge in [-0.05, 0) is 18.1 Å². The highest BCUT2D eigenvalue weighted by Gasteiger charge is 2.09. The van der Waals surface area contributed by atoms with E-state index in [0.29, 0.717) is 4.90 Å². The summed E-state index contributed by atoms with van der Waals surface area (Å²) >= 11 is 4.02. The van der Waals surface area contributed by atoms with Crippen molar-refractivity contribution < 1.29 is 4.92 Å². The summed E-state index contributed by atoms with van der Waals surface area (Å²) in [5.41, 5.74) is 1.13. The first-order valence-electron chi connectivity index (χ1n) is 3.61. The third-order valence-electron chi connectivity index (χ3n) is 1.64. The second-order valence-electron chi connectivity index (χ2n) is 2.43. The summed E-state index contributed by atoms with van der Waals surface area (Å²) in [6.07, 6.45) is 0.867. The molecule has 4 heteroatoms. The lowest BCUT2D eigenvalue weighted by atomic mass is 10.1. The number of hydrogen-bond donors (Lipinski definition) is 1. The molecule has 0 saturated carbocycles. The molecule has 64 valence electrons. The first kappa shape index (κ1) is 9.06. The van der Waals surface area contributed by atoms with Crippen LogP contribution in [0.1, 0.15) is 12.5 Å². The monoisotopic (exact) mass is 183 g/mol. The highest BCUT2D eigenvalue weighted by molar-refractivity contribution is 7.80. The van der Waals surface area contributed by atoms with E-state index in [1.54, 1.807) is 12.1 Å². The minimum absolute atomic E-state index is 0.0653. The van der Waals surface area contributed by atoms with E-state index >= 15 is 0 Å². The molecule has 0 spiro atoms. The fourth-order valence-corrected chi connectivity index (χ4v) is 1.27. The number of aryl methyl sites for hydroxylation is 1. The van der Waals surface area contributed by atoms with Crippen LogP contribution in [0.2, 0.25) is 0 Å². The highest BCUT2D eigenvalue weighted by Crippen LogP contribution is 2.23. The van der Waals surface area contributed by atoms with Crippen LogP contribution in [0, 0.1) is 10.1 Å². The zero-order valence-corrected chi connectivity index (χ0v) is 7.54. The number of benzene rings is 1. The van der Waals surface area contributed by atoms with Crippen molar-refractivity contribution >= 4 is 18.3 Å². The van der Waals surface area contributed by atoms with Crippen LogP contribution in [-0.4, -0.2) is 4.92 Å². The predicted molar refractivity (Wildman–Crippen MR) is 49.7 cm³/mol. The first-order chi connectivity index (χ1) is 5.65. The largest absolute Gasteiger partial charge is 0.282 e. The molecule has 0 heterocycles. The van der Waals surface area contributed by atoms with Crippen LogP contribution < -0.4 is 0 Å². The lowest BCUT2D eigenvalue weighted by molar-refractivity contribution is -0.387. The molecule has 0 fully saturated rings. The van der Waals surface area contributed by atoms with Gasteiger partial charge in [0.15, 0.2) is 0 Å². The topological polar surface area (TPSA) is 43.1 Å². The van der Waals surface area contributed by atoms with Gasteiger partial charge in [0.25, 0.3) is 5.69 Å². The average molecular weight is 183 g/mol. The van der Waals surface area contributed by atoms with Crippen molar-refractivity contribution in [2.75, 3.05) is 0 Å². The zero-order valence-electron chi connectivity index (χ0n) is 6.65. The van der Waals surface area contributed by atoms with Crippen LogP contribution in [0.4, 0.5) is 5.69 Å². The van der Waals surface area contributed by atoms with Gasteiger partial charge >= 0.3 is 0 Å². The van der Waals surface area contributed by atoms with Gasteiger partial charge in [0.05, 0.1) is 9.82 Å². The van der Waals surface area contributed by atoms with Crippen LogP contribution >= 0.6 is 12.6 Å². The summed E-state index contributed by atoms with van der Waals surface area (Å²) in [7, 11) is 0. The number of thiol groups is 1. The maximum atomic E-state index is 10.4.